The van der Waals surface area contributed by atoms with Crippen LogP contribution in [0.1, 0.15) is 24.8 Å². The number of rotatable bonds is 9. The van der Waals surface area contributed by atoms with Crippen molar-refractivity contribution in [3.8, 4) is 0 Å². The third-order valence-electron chi connectivity index (χ3n) is 4.54. The van der Waals surface area contributed by atoms with E-state index in [0.717, 1.165) is 30.6 Å². The van der Waals surface area contributed by atoms with E-state index in [9.17, 15) is 19.8 Å². The number of carbonyl (C=O) groups excluding carboxylic acids is 2. The number of thiophene rings is 1. The number of thioether (sulfide) groups is 1. The predicted molar refractivity (Wildman–Crippen MR) is 114 cm³/mol. The van der Waals surface area contributed by atoms with Crippen LogP contribution < -0.4 is 5.32 Å². The molecule has 1 aliphatic rings. The predicted octanol–water partition coefficient (Wildman–Crippen LogP) is 1.94. The Kier molecular flexibility index (Phi) is 9.77. The van der Waals surface area contributed by atoms with Crippen molar-refractivity contribution in [2.24, 2.45) is 0 Å². The molecule has 154 valence electrons. The summed E-state index contributed by atoms with van der Waals surface area (Å²) in [5, 5.41) is 26.8. The lowest BCUT2D eigenvalue weighted by Crippen LogP contribution is -2.51. The number of nitrogens with one attached hydrogen (secondary N) is 1. The molecule has 1 aliphatic heterocycles. The van der Waals surface area contributed by atoms with Gasteiger partial charge in [0.2, 0.25) is 0 Å². The highest BCUT2D eigenvalue weighted by Crippen LogP contribution is 2.13. The van der Waals surface area contributed by atoms with E-state index in [-0.39, 0.29) is 6.54 Å². The lowest BCUT2D eigenvalue weighted by molar-refractivity contribution is -0.153. The van der Waals surface area contributed by atoms with Crippen molar-refractivity contribution in [1.29, 1.82) is 0 Å². The highest BCUT2D eigenvalue weighted by atomic mass is 32.2. The quantitative estimate of drug-likeness (QED) is 0.527. The van der Waals surface area contributed by atoms with Gasteiger partial charge in [-0.1, -0.05) is 18.2 Å². The van der Waals surface area contributed by atoms with E-state index in [4.69, 9.17) is 0 Å². The number of piperidine rings is 1. The molecule has 28 heavy (non-hydrogen) atoms. The summed E-state index contributed by atoms with van der Waals surface area (Å²) in [6, 6.07) is 2.08. The highest BCUT2D eigenvalue weighted by Gasteiger charge is 2.33. The molecule has 6 nitrogen and oxygen atoms in total. The van der Waals surface area contributed by atoms with Crippen LogP contribution in [0.2, 0.25) is 0 Å². The van der Waals surface area contributed by atoms with Crippen molar-refractivity contribution < 1.29 is 19.8 Å². The Morgan fingerprint density at radius 2 is 2.04 bits per heavy atom. The number of likely N-dealkylation sites (tertiary alicyclic amines) is 1. The van der Waals surface area contributed by atoms with E-state index in [2.05, 4.69) is 16.8 Å². The average molecular weight is 425 g/mol. The van der Waals surface area contributed by atoms with E-state index in [0.29, 0.717) is 13.1 Å². The molecular formula is C20H28N2O4S2. The fraction of sp³-hybridized carbons (Fsp3) is 0.500. The first-order valence-corrected chi connectivity index (χ1v) is 11.5. The average Bonchev–Trinajstić information content (AvgIpc) is 3.25. The van der Waals surface area contributed by atoms with Gasteiger partial charge in [0, 0.05) is 24.5 Å². The molecule has 1 aromatic rings. The van der Waals surface area contributed by atoms with E-state index in [1.54, 1.807) is 11.3 Å². The van der Waals surface area contributed by atoms with Crippen LogP contribution in [-0.2, 0) is 16.0 Å². The number of amides is 2. The van der Waals surface area contributed by atoms with Gasteiger partial charge >= 0.3 is 0 Å². The van der Waals surface area contributed by atoms with Gasteiger partial charge in [-0.05, 0) is 54.3 Å². The van der Waals surface area contributed by atoms with Crippen LogP contribution in [0.5, 0.6) is 0 Å². The summed E-state index contributed by atoms with van der Waals surface area (Å²) in [6.07, 6.45) is 7.92. The molecule has 1 fully saturated rings. The second kappa shape index (κ2) is 12.1. The van der Waals surface area contributed by atoms with Gasteiger partial charge in [-0.25, -0.2) is 0 Å². The van der Waals surface area contributed by atoms with Crippen molar-refractivity contribution in [2.45, 2.75) is 37.9 Å². The summed E-state index contributed by atoms with van der Waals surface area (Å²) < 4.78 is 0. The molecule has 0 aliphatic carbocycles. The second-order valence-corrected chi connectivity index (χ2v) is 8.31. The van der Waals surface area contributed by atoms with Gasteiger partial charge in [-0.2, -0.15) is 11.3 Å². The number of hydrogen-bond acceptors (Lipinski definition) is 6. The molecule has 3 N–H and O–H groups in total. The fourth-order valence-electron chi connectivity index (χ4n) is 2.85. The number of hydrogen-bond donors (Lipinski definition) is 3. The van der Waals surface area contributed by atoms with Gasteiger partial charge in [-0.15, -0.1) is 11.8 Å². The van der Waals surface area contributed by atoms with Crippen molar-refractivity contribution in [3.63, 3.8) is 0 Å². The largest absolute Gasteiger partial charge is 0.380 e. The first-order chi connectivity index (χ1) is 13.5. The Balaban J connectivity index is 1.80. The van der Waals surface area contributed by atoms with Crippen LogP contribution in [0.15, 0.2) is 40.0 Å². The van der Waals surface area contributed by atoms with E-state index >= 15 is 0 Å². The number of aliphatic hydroxyl groups excluding tert-OH is 2. The first-order valence-electron chi connectivity index (χ1n) is 9.36. The summed E-state index contributed by atoms with van der Waals surface area (Å²) in [4.78, 5) is 26.8. The number of nitrogens with zero attached hydrogens (tertiary/aromatic N) is 1. The van der Waals surface area contributed by atoms with Crippen LogP contribution >= 0.6 is 23.1 Å². The van der Waals surface area contributed by atoms with E-state index in [1.165, 1.54) is 22.2 Å². The van der Waals surface area contributed by atoms with Crippen LogP contribution in [-0.4, -0.2) is 65.0 Å². The van der Waals surface area contributed by atoms with Gasteiger partial charge in [0.25, 0.3) is 11.8 Å². The standard InChI is InChI=1S/C20H28N2O4S2/c1-27-16(8-4-3-7-15-9-12-28-14-15)13-21-19(25)17(23)18(24)20(26)22-10-5-2-6-11-22/h3-4,8-9,12,14,17-18,23-24H,2,5-7,10-11,13H2,1H3,(H,21,25)/b4-3+,16-8-. The topological polar surface area (TPSA) is 89.9 Å². The Bertz CT molecular complexity index is 682. The minimum Gasteiger partial charge on any atom is -0.380 e. The molecule has 2 atom stereocenters. The highest BCUT2D eigenvalue weighted by molar-refractivity contribution is 8.02. The van der Waals surface area contributed by atoms with Gasteiger partial charge in [0.1, 0.15) is 0 Å². The van der Waals surface area contributed by atoms with Crippen molar-refractivity contribution >= 4 is 34.9 Å². The third kappa shape index (κ3) is 7.09. The molecule has 0 bridgehead atoms. The zero-order valence-electron chi connectivity index (χ0n) is 16.0. The van der Waals surface area contributed by atoms with Gasteiger partial charge in [0.15, 0.2) is 12.2 Å². The molecule has 0 aromatic carbocycles. The summed E-state index contributed by atoms with van der Waals surface area (Å²) in [6.45, 7) is 1.34. The molecule has 0 saturated carbocycles. The van der Waals surface area contributed by atoms with Crippen molar-refractivity contribution in [3.05, 3.63) is 45.5 Å². The molecule has 1 saturated heterocycles. The monoisotopic (exact) mass is 424 g/mol. The molecule has 8 heteroatoms. The molecule has 2 rings (SSSR count). The maximum Gasteiger partial charge on any atom is 0.254 e. The number of aliphatic hydroxyl groups is 2. The number of carbonyl (C=O) groups is 2. The molecule has 0 spiro atoms. The van der Waals surface area contributed by atoms with Crippen molar-refractivity contribution in [1.82, 2.24) is 10.2 Å². The molecule has 2 heterocycles. The molecule has 2 amide bonds. The maximum absolute atomic E-state index is 12.2. The molecule has 1 aromatic heterocycles. The summed E-state index contributed by atoms with van der Waals surface area (Å²) >= 11 is 3.15. The van der Waals surface area contributed by atoms with Crippen molar-refractivity contribution in [2.75, 3.05) is 25.9 Å². The Morgan fingerprint density at radius 3 is 2.68 bits per heavy atom. The van der Waals surface area contributed by atoms with E-state index in [1.807, 2.05) is 29.9 Å². The van der Waals surface area contributed by atoms with Gasteiger partial charge < -0.3 is 20.4 Å². The zero-order valence-corrected chi connectivity index (χ0v) is 17.7. The molecule has 2 unspecified atom stereocenters. The Hall–Kier alpha value is -1.61. The molecular weight excluding hydrogens is 396 g/mol. The summed E-state index contributed by atoms with van der Waals surface area (Å²) in [7, 11) is 0. The molecule has 0 radical (unpaired) electrons. The summed E-state index contributed by atoms with van der Waals surface area (Å²) in [5.74, 6) is -1.33. The first kappa shape index (κ1) is 22.7. The minimum atomic E-state index is -1.77. The summed E-state index contributed by atoms with van der Waals surface area (Å²) in [5.41, 5.74) is 1.25. The van der Waals surface area contributed by atoms with Crippen LogP contribution in [0, 0.1) is 0 Å². The third-order valence-corrected chi connectivity index (χ3v) is 6.08. The lowest BCUT2D eigenvalue weighted by atomic mass is 10.1. The van der Waals surface area contributed by atoms with Crippen LogP contribution in [0.4, 0.5) is 0 Å². The van der Waals surface area contributed by atoms with Gasteiger partial charge in [0.05, 0.1) is 0 Å². The maximum atomic E-state index is 12.2. The van der Waals surface area contributed by atoms with Crippen LogP contribution in [0.25, 0.3) is 0 Å². The zero-order chi connectivity index (χ0) is 20.4. The minimum absolute atomic E-state index is 0.227. The van der Waals surface area contributed by atoms with E-state index < -0.39 is 24.0 Å². The fourth-order valence-corrected chi connectivity index (χ4v) is 3.96. The normalized spacial score (nSPS) is 17.5. The van der Waals surface area contributed by atoms with Crippen LogP contribution in [0.3, 0.4) is 0 Å². The second-order valence-electron chi connectivity index (χ2n) is 6.59. The Morgan fingerprint density at radius 1 is 1.29 bits per heavy atom. The number of allylic oxidation sites excluding steroid dienone is 3. The lowest BCUT2D eigenvalue weighted by Gasteiger charge is -2.29. The smallest absolute Gasteiger partial charge is 0.254 e. The SMILES string of the molecule is CS/C(=C\C=C\Cc1ccsc1)CNC(=O)C(O)C(O)C(=O)N1CCCCC1. The van der Waals surface area contributed by atoms with Gasteiger partial charge in [-0.3, -0.25) is 9.59 Å². The Labute approximate surface area is 174 Å².